The second-order valence-corrected chi connectivity index (χ2v) is 3.44. The van der Waals surface area contributed by atoms with Crippen LogP contribution in [0.4, 0.5) is 0 Å². The highest BCUT2D eigenvalue weighted by Crippen LogP contribution is 2.00. The number of nitrogens with two attached hydrogens (primary N) is 1. The van der Waals surface area contributed by atoms with Gasteiger partial charge in [-0.05, 0) is 6.54 Å². The topological polar surface area (TPSA) is 83.8 Å². The Balaban J connectivity index is 2.47. The Morgan fingerprint density at radius 2 is 2.40 bits per heavy atom. The first-order chi connectivity index (χ1) is 7.13. The van der Waals surface area contributed by atoms with Gasteiger partial charge in [0.2, 0.25) is 0 Å². The van der Waals surface area contributed by atoms with Gasteiger partial charge in [-0.1, -0.05) is 6.92 Å². The average molecular weight is 210 g/mol. The van der Waals surface area contributed by atoms with E-state index in [4.69, 9.17) is 11.1 Å². The summed E-state index contributed by atoms with van der Waals surface area (Å²) >= 11 is 0. The van der Waals surface area contributed by atoms with Crippen molar-refractivity contribution in [1.29, 1.82) is 5.41 Å². The molecular weight excluding hydrogens is 192 g/mol. The van der Waals surface area contributed by atoms with Gasteiger partial charge in [-0.25, -0.2) is 4.98 Å². The minimum atomic E-state index is 0.228. The van der Waals surface area contributed by atoms with Gasteiger partial charge in [0.05, 0.1) is 12.4 Å². The summed E-state index contributed by atoms with van der Waals surface area (Å²) in [4.78, 5) is 6.34. The maximum absolute atomic E-state index is 7.17. The summed E-state index contributed by atoms with van der Waals surface area (Å²) in [5, 5.41) is 11.2. The first-order valence-electron chi connectivity index (χ1n) is 5.01. The van der Waals surface area contributed by atoms with Crippen molar-refractivity contribution in [2.75, 3.05) is 13.1 Å². The first kappa shape index (κ1) is 11.6. The lowest BCUT2D eigenvalue weighted by atomic mass is 10.3. The zero-order valence-electron chi connectivity index (χ0n) is 9.27. The summed E-state index contributed by atoms with van der Waals surface area (Å²) in [6.07, 6.45) is 2.15. The minimum Gasteiger partial charge on any atom is -0.388 e. The normalized spacial score (nSPS) is 10.9. The van der Waals surface area contributed by atoms with Gasteiger partial charge in [0, 0.05) is 20.0 Å². The molecule has 1 aromatic heterocycles. The number of hydrogen-bond acceptors (Lipinski definition) is 4. The van der Waals surface area contributed by atoms with Crippen molar-refractivity contribution in [3.05, 3.63) is 12.2 Å². The highest BCUT2D eigenvalue weighted by molar-refractivity contribution is 5.76. The molecule has 1 heterocycles. The first-order valence-corrected chi connectivity index (χ1v) is 5.01. The summed E-state index contributed by atoms with van der Waals surface area (Å²) in [6, 6.07) is 0. The fourth-order valence-corrected chi connectivity index (χ4v) is 1.29. The number of aromatic nitrogens is 3. The molecule has 0 saturated heterocycles. The average Bonchev–Trinajstić information content (AvgIpc) is 2.58. The molecular formula is C9H18N6. The Kier molecular flexibility index (Phi) is 4.23. The van der Waals surface area contributed by atoms with E-state index in [1.54, 1.807) is 11.0 Å². The minimum absolute atomic E-state index is 0.228. The maximum atomic E-state index is 7.17. The Hall–Kier alpha value is -1.43. The molecule has 15 heavy (non-hydrogen) atoms. The fraction of sp³-hybridized carbons (Fsp3) is 0.667. The van der Waals surface area contributed by atoms with Crippen LogP contribution in [0.15, 0.2) is 6.33 Å². The molecule has 0 aliphatic carbocycles. The Labute approximate surface area is 89.6 Å². The molecule has 6 nitrogen and oxygen atoms in total. The van der Waals surface area contributed by atoms with E-state index in [1.165, 1.54) is 0 Å². The number of rotatable bonds is 6. The molecule has 0 atom stereocenters. The Bertz CT molecular complexity index is 318. The molecule has 84 valence electrons. The third-order valence-electron chi connectivity index (χ3n) is 2.31. The summed E-state index contributed by atoms with van der Waals surface area (Å²) in [5.41, 5.74) is 5.32. The monoisotopic (exact) mass is 210 g/mol. The van der Waals surface area contributed by atoms with Gasteiger partial charge in [0.25, 0.3) is 0 Å². The largest absolute Gasteiger partial charge is 0.388 e. The van der Waals surface area contributed by atoms with Crippen LogP contribution in [-0.2, 0) is 13.6 Å². The van der Waals surface area contributed by atoms with Gasteiger partial charge in [-0.2, -0.15) is 5.10 Å². The smallest absolute Gasteiger partial charge is 0.140 e. The summed E-state index contributed by atoms with van der Waals surface area (Å²) in [7, 11) is 1.88. The highest BCUT2D eigenvalue weighted by Gasteiger charge is 2.07. The third-order valence-corrected chi connectivity index (χ3v) is 2.31. The summed E-state index contributed by atoms with van der Waals surface area (Å²) < 4.78 is 1.76. The molecule has 0 spiro atoms. The van der Waals surface area contributed by atoms with Crippen LogP contribution < -0.4 is 5.73 Å². The van der Waals surface area contributed by atoms with E-state index < -0.39 is 0 Å². The molecule has 0 bridgehead atoms. The standard InChI is InChI=1S/C9H18N6/c1-3-15(5-4-8(10)11)6-9-12-7-13-14(9)2/h7H,3-6H2,1-2H3,(H3,10,11). The van der Waals surface area contributed by atoms with Gasteiger partial charge in [0.1, 0.15) is 12.2 Å². The molecule has 0 aliphatic rings. The number of hydrogen-bond donors (Lipinski definition) is 2. The zero-order chi connectivity index (χ0) is 11.3. The molecule has 1 aromatic rings. The van der Waals surface area contributed by atoms with Crippen molar-refractivity contribution >= 4 is 5.84 Å². The van der Waals surface area contributed by atoms with E-state index in [1.807, 2.05) is 7.05 Å². The van der Waals surface area contributed by atoms with Crippen molar-refractivity contribution < 1.29 is 0 Å². The van der Waals surface area contributed by atoms with E-state index in [-0.39, 0.29) is 5.84 Å². The lowest BCUT2D eigenvalue weighted by Crippen LogP contribution is -2.28. The molecule has 1 rings (SSSR count). The van der Waals surface area contributed by atoms with Gasteiger partial charge >= 0.3 is 0 Å². The number of nitrogens with one attached hydrogen (secondary N) is 1. The van der Waals surface area contributed by atoms with Crippen LogP contribution in [0.5, 0.6) is 0 Å². The van der Waals surface area contributed by atoms with E-state index in [0.29, 0.717) is 6.42 Å². The summed E-state index contributed by atoms with van der Waals surface area (Å²) in [6.45, 7) is 4.54. The second-order valence-electron chi connectivity index (χ2n) is 3.44. The Morgan fingerprint density at radius 3 is 2.87 bits per heavy atom. The van der Waals surface area contributed by atoms with Crippen molar-refractivity contribution in [2.45, 2.75) is 19.9 Å². The van der Waals surface area contributed by atoms with Crippen LogP contribution in [0.2, 0.25) is 0 Å². The number of amidine groups is 1. The van der Waals surface area contributed by atoms with E-state index in [0.717, 1.165) is 25.5 Å². The summed E-state index contributed by atoms with van der Waals surface area (Å²) in [5.74, 6) is 1.16. The van der Waals surface area contributed by atoms with Crippen LogP contribution in [-0.4, -0.2) is 38.6 Å². The highest BCUT2D eigenvalue weighted by atomic mass is 15.3. The van der Waals surface area contributed by atoms with Gasteiger partial charge < -0.3 is 5.73 Å². The van der Waals surface area contributed by atoms with Crippen LogP contribution in [0.25, 0.3) is 0 Å². The van der Waals surface area contributed by atoms with Crippen LogP contribution in [0, 0.1) is 5.41 Å². The lowest BCUT2D eigenvalue weighted by molar-refractivity contribution is 0.276. The molecule has 0 aliphatic heterocycles. The molecule has 6 heteroatoms. The molecule has 3 N–H and O–H groups in total. The second kappa shape index (κ2) is 5.45. The molecule has 0 saturated carbocycles. The van der Waals surface area contributed by atoms with Crippen molar-refractivity contribution in [3.63, 3.8) is 0 Å². The van der Waals surface area contributed by atoms with Crippen LogP contribution >= 0.6 is 0 Å². The van der Waals surface area contributed by atoms with Gasteiger partial charge in [-0.15, -0.1) is 0 Å². The van der Waals surface area contributed by atoms with Gasteiger partial charge in [0.15, 0.2) is 0 Å². The predicted molar refractivity (Wildman–Crippen MR) is 58.5 cm³/mol. The van der Waals surface area contributed by atoms with Crippen LogP contribution in [0.1, 0.15) is 19.2 Å². The molecule has 0 aromatic carbocycles. The SMILES string of the molecule is CCN(CCC(=N)N)Cc1ncnn1C. The number of nitrogens with zero attached hydrogens (tertiary/aromatic N) is 4. The lowest BCUT2D eigenvalue weighted by Gasteiger charge is -2.18. The molecule has 0 fully saturated rings. The zero-order valence-corrected chi connectivity index (χ0v) is 9.27. The van der Waals surface area contributed by atoms with Crippen molar-refractivity contribution in [3.8, 4) is 0 Å². The van der Waals surface area contributed by atoms with E-state index in [9.17, 15) is 0 Å². The van der Waals surface area contributed by atoms with E-state index in [2.05, 4.69) is 21.9 Å². The van der Waals surface area contributed by atoms with Gasteiger partial charge in [-0.3, -0.25) is 15.0 Å². The predicted octanol–water partition coefficient (Wildman–Crippen LogP) is -0.0369. The van der Waals surface area contributed by atoms with Crippen molar-refractivity contribution in [2.24, 2.45) is 12.8 Å². The molecule has 0 unspecified atom stereocenters. The quantitative estimate of drug-likeness (QED) is 0.510. The fourth-order valence-electron chi connectivity index (χ4n) is 1.29. The van der Waals surface area contributed by atoms with Crippen LogP contribution in [0.3, 0.4) is 0 Å². The van der Waals surface area contributed by atoms with E-state index >= 15 is 0 Å². The number of aryl methyl sites for hydroxylation is 1. The molecule has 0 radical (unpaired) electrons. The maximum Gasteiger partial charge on any atom is 0.140 e. The third kappa shape index (κ3) is 3.67. The van der Waals surface area contributed by atoms with Crippen molar-refractivity contribution in [1.82, 2.24) is 19.7 Å². The molecule has 0 amide bonds. The Morgan fingerprint density at radius 1 is 1.67 bits per heavy atom.